The molecular weight excluding hydrogens is 216 g/mol. The lowest BCUT2D eigenvalue weighted by Gasteiger charge is -2.15. The van der Waals surface area contributed by atoms with Crippen LogP contribution in [-0.4, -0.2) is 41.1 Å². The van der Waals surface area contributed by atoms with Gasteiger partial charge in [-0.25, -0.2) is 0 Å². The van der Waals surface area contributed by atoms with Gasteiger partial charge in [0.15, 0.2) is 5.78 Å². The van der Waals surface area contributed by atoms with Crippen molar-refractivity contribution in [1.82, 2.24) is 0 Å². The third kappa shape index (κ3) is 0.658. The Morgan fingerprint density at radius 2 is 1.31 bits per heavy atom. The van der Waals surface area contributed by atoms with E-state index < -0.39 is 42.1 Å². The number of aliphatic hydroxyl groups is 1. The maximum absolute atomic E-state index is 11.9. The number of Topliss-reactive ketones (excluding diaryl/α,β-unsaturated/α-hetero) is 1. The van der Waals surface area contributed by atoms with Gasteiger partial charge in [0.25, 0.3) is 0 Å². The van der Waals surface area contributed by atoms with E-state index in [1.807, 2.05) is 0 Å². The maximum Gasteiger partial charge on any atom is 0.317 e. The highest BCUT2D eigenvalue weighted by atomic mass is 16.6. The summed E-state index contributed by atoms with van der Waals surface area (Å²) in [5.41, 5.74) is 0. The fourth-order valence-corrected chi connectivity index (χ4v) is 3.73. The summed E-state index contributed by atoms with van der Waals surface area (Å²) in [5, 5.41) is 9.86. The molecule has 0 amide bonds. The van der Waals surface area contributed by atoms with Crippen LogP contribution < -0.4 is 0 Å². The van der Waals surface area contributed by atoms with Crippen LogP contribution in [0.3, 0.4) is 0 Å². The summed E-state index contributed by atoms with van der Waals surface area (Å²) in [7, 11) is 0. The molecule has 0 aromatic heterocycles. The number of carbonyl (C=O) groups excluding carboxylic acids is 3. The molecule has 2 saturated carbocycles. The van der Waals surface area contributed by atoms with E-state index in [0.29, 0.717) is 0 Å². The van der Waals surface area contributed by atoms with E-state index in [1.54, 1.807) is 0 Å². The van der Waals surface area contributed by atoms with Gasteiger partial charge in [0, 0.05) is 11.8 Å². The first-order valence-corrected chi connectivity index (χ1v) is 5.24. The molecule has 0 aromatic carbocycles. The van der Waals surface area contributed by atoms with E-state index in [2.05, 4.69) is 0 Å². The molecule has 2 heterocycles. The second-order valence-electron chi connectivity index (χ2n) is 4.81. The van der Waals surface area contributed by atoms with Crippen molar-refractivity contribution in [3.8, 4) is 0 Å². The molecule has 0 bridgehead atoms. The van der Waals surface area contributed by atoms with Gasteiger partial charge < -0.3 is 14.6 Å². The van der Waals surface area contributed by atoms with E-state index in [4.69, 9.17) is 9.47 Å². The summed E-state index contributed by atoms with van der Waals surface area (Å²) in [5.74, 6) is -4.02. The fourth-order valence-electron chi connectivity index (χ4n) is 3.73. The highest BCUT2D eigenvalue weighted by Gasteiger charge is 2.75. The third-order valence-corrected chi connectivity index (χ3v) is 4.27. The number of ketones is 1. The topological polar surface area (TPSA) is 89.9 Å². The molecule has 84 valence electrons. The first-order valence-electron chi connectivity index (χ1n) is 5.24. The van der Waals surface area contributed by atoms with Crippen molar-refractivity contribution in [3.05, 3.63) is 0 Å². The predicted molar refractivity (Wildman–Crippen MR) is 44.7 cm³/mol. The first kappa shape index (κ1) is 8.69. The molecule has 0 aromatic rings. The lowest BCUT2D eigenvalue weighted by Crippen LogP contribution is -2.32. The largest absolute Gasteiger partial charge is 0.459 e. The molecule has 0 radical (unpaired) electrons. The van der Waals surface area contributed by atoms with Crippen LogP contribution >= 0.6 is 0 Å². The minimum absolute atomic E-state index is 0.364. The lowest BCUT2D eigenvalue weighted by atomic mass is 9.91. The summed E-state index contributed by atoms with van der Waals surface area (Å²) in [6.45, 7) is 0. The van der Waals surface area contributed by atoms with Crippen LogP contribution in [0.2, 0.25) is 0 Å². The zero-order chi connectivity index (χ0) is 11.2. The zero-order valence-corrected chi connectivity index (χ0v) is 8.03. The van der Waals surface area contributed by atoms with E-state index in [9.17, 15) is 19.5 Å². The van der Waals surface area contributed by atoms with Gasteiger partial charge in [-0.05, 0) is 0 Å². The Morgan fingerprint density at radius 1 is 0.875 bits per heavy atom. The maximum atomic E-state index is 11.9. The highest BCUT2D eigenvalue weighted by Crippen LogP contribution is 2.58. The van der Waals surface area contributed by atoms with Gasteiger partial charge in [-0.3, -0.25) is 14.4 Å². The lowest BCUT2D eigenvalue weighted by molar-refractivity contribution is -0.159. The van der Waals surface area contributed by atoms with Gasteiger partial charge in [-0.15, -0.1) is 0 Å². The van der Waals surface area contributed by atoms with Gasteiger partial charge >= 0.3 is 11.9 Å². The normalized spacial score (nSPS) is 56.6. The van der Waals surface area contributed by atoms with Crippen LogP contribution in [-0.2, 0) is 23.9 Å². The molecule has 2 aliphatic heterocycles. The Kier molecular flexibility index (Phi) is 1.25. The van der Waals surface area contributed by atoms with Gasteiger partial charge in [0.05, 0.1) is 0 Å². The minimum Gasteiger partial charge on any atom is -0.459 e. The molecule has 0 spiro atoms. The van der Waals surface area contributed by atoms with Crippen molar-refractivity contribution in [1.29, 1.82) is 0 Å². The average Bonchev–Trinajstić information content (AvgIpc) is 2.86. The molecule has 4 fully saturated rings. The summed E-state index contributed by atoms with van der Waals surface area (Å²) < 4.78 is 9.98. The minimum atomic E-state index is -0.981. The number of esters is 2. The van der Waals surface area contributed by atoms with Gasteiger partial charge in [-0.1, -0.05) is 0 Å². The molecule has 2 aliphatic carbocycles. The molecule has 16 heavy (non-hydrogen) atoms. The van der Waals surface area contributed by atoms with E-state index in [-0.39, 0.29) is 17.6 Å². The zero-order valence-electron chi connectivity index (χ0n) is 8.03. The Balaban J connectivity index is 1.90. The van der Waals surface area contributed by atoms with Crippen LogP contribution in [0.1, 0.15) is 0 Å². The molecule has 6 heteroatoms. The van der Waals surface area contributed by atoms with E-state index in [1.165, 1.54) is 0 Å². The second-order valence-corrected chi connectivity index (χ2v) is 4.81. The van der Waals surface area contributed by atoms with Gasteiger partial charge in [-0.2, -0.15) is 0 Å². The number of hydrogen-bond donors (Lipinski definition) is 1. The quantitative estimate of drug-likeness (QED) is 0.388. The Labute approximate surface area is 89.5 Å². The molecule has 7 atom stereocenters. The predicted octanol–water partition coefficient (Wildman–Crippen LogP) is -1.74. The standard InChI is InChI=1S/C10H8O6/c11-5-3-1-2-4(5)10(14)16-8(2)6(12)7(1)15-9(3)13/h1-4,6-8,12H/t1-,2+,3-,4+,6?,7+,8-. The monoisotopic (exact) mass is 224 g/mol. The van der Waals surface area contributed by atoms with E-state index >= 15 is 0 Å². The summed E-state index contributed by atoms with van der Waals surface area (Å²) >= 11 is 0. The van der Waals surface area contributed by atoms with Crippen molar-refractivity contribution in [2.75, 3.05) is 0 Å². The first-order chi connectivity index (χ1) is 7.61. The molecular formula is C10H8O6. The summed E-state index contributed by atoms with van der Waals surface area (Å²) in [4.78, 5) is 34.8. The number of ether oxygens (including phenoxy) is 2. The Morgan fingerprint density at radius 3 is 1.75 bits per heavy atom. The van der Waals surface area contributed by atoms with Crippen LogP contribution in [0.5, 0.6) is 0 Å². The number of rotatable bonds is 0. The highest BCUT2D eigenvalue weighted by molar-refractivity contribution is 6.13. The number of carbonyl (C=O) groups is 3. The third-order valence-electron chi connectivity index (χ3n) is 4.27. The molecule has 2 saturated heterocycles. The Bertz CT molecular complexity index is 405. The van der Waals surface area contributed by atoms with Crippen molar-refractivity contribution in [3.63, 3.8) is 0 Å². The Hall–Kier alpha value is -1.43. The van der Waals surface area contributed by atoms with Crippen molar-refractivity contribution in [2.24, 2.45) is 23.7 Å². The summed E-state index contributed by atoms with van der Waals surface area (Å²) in [6.07, 6.45) is -2.32. The fraction of sp³-hybridized carbons (Fsp3) is 0.700. The molecule has 4 aliphatic rings. The van der Waals surface area contributed by atoms with Gasteiger partial charge in [0.1, 0.15) is 30.1 Å². The SMILES string of the molecule is O=C1O[C@H]2C(O)[C@H]3OC(=O)[C@H]4C(=O)[C@@H]1[C@@H]2[C@H]43. The van der Waals surface area contributed by atoms with E-state index in [0.717, 1.165) is 0 Å². The van der Waals surface area contributed by atoms with Crippen LogP contribution in [0, 0.1) is 23.7 Å². The molecule has 6 nitrogen and oxygen atoms in total. The smallest absolute Gasteiger partial charge is 0.317 e. The van der Waals surface area contributed by atoms with Crippen molar-refractivity contribution < 1.29 is 29.0 Å². The molecule has 1 unspecified atom stereocenters. The number of hydrogen-bond acceptors (Lipinski definition) is 6. The molecule has 1 N–H and O–H groups in total. The number of aliphatic hydroxyl groups excluding tert-OH is 1. The second kappa shape index (κ2) is 2.29. The van der Waals surface area contributed by atoms with Crippen molar-refractivity contribution >= 4 is 17.7 Å². The average molecular weight is 224 g/mol. The van der Waals surface area contributed by atoms with Crippen LogP contribution in [0.4, 0.5) is 0 Å². The van der Waals surface area contributed by atoms with Crippen molar-refractivity contribution in [2.45, 2.75) is 18.3 Å². The van der Waals surface area contributed by atoms with Crippen LogP contribution in [0.25, 0.3) is 0 Å². The molecule has 4 rings (SSSR count). The van der Waals surface area contributed by atoms with Crippen LogP contribution in [0.15, 0.2) is 0 Å². The van der Waals surface area contributed by atoms with Gasteiger partial charge in [0.2, 0.25) is 0 Å². The summed E-state index contributed by atoms with van der Waals surface area (Å²) in [6, 6.07) is 0.